The van der Waals surface area contributed by atoms with E-state index in [2.05, 4.69) is 10.3 Å². The number of hydrogen-bond donors (Lipinski definition) is 2. The quantitative estimate of drug-likeness (QED) is 0.892. The van der Waals surface area contributed by atoms with Crippen molar-refractivity contribution in [3.63, 3.8) is 0 Å². The van der Waals surface area contributed by atoms with Crippen molar-refractivity contribution in [1.82, 2.24) is 10.3 Å². The van der Waals surface area contributed by atoms with E-state index in [1.54, 1.807) is 6.20 Å². The monoisotopic (exact) mass is 287 g/mol. The molecule has 2 heterocycles. The molecule has 2 bridgehead atoms. The molecule has 0 saturated heterocycles. The SMILES string of the molecule is Nc1c(C(=O)N[C@H]2C[C@H]3CC[C@H]2C3)sc2ncccc12. The second kappa shape index (κ2) is 4.45. The number of nitrogens with zero attached hydrogens (tertiary/aromatic N) is 1. The first-order chi connectivity index (χ1) is 9.72. The lowest BCUT2D eigenvalue weighted by molar-refractivity contribution is 0.0928. The molecule has 2 aromatic rings. The molecule has 0 aliphatic heterocycles. The van der Waals surface area contributed by atoms with Crippen LogP contribution < -0.4 is 11.1 Å². The highest BCUT2D eigenvalue weighted by atomic mass is 32.1. The van der Waals surface area contributed by atoms with E-state index >= 15 is 0 Å². The molecule has 4 rings (SSSR count). The van der Waals surface area contributed by atoms with Gasteiger partial charge in [-0.2, -0.15) is 0 Å². The van der Waals surface area contributed by atoms with Gasteiger partial charge < -0.3 is 11.1 Å². The standard InChI is InChI=1S/C15H17N3OS/c16-12-10-2-1-5-17-15(10)20-13(12)14(19)18-11-7-8-3-4-9(11)6-8/h1-2,5,8-9,11H,3-4,6-7,16H2,(H,18,19)/t8-,9-,11-/m0/s1. The highest BCUT2D eigenvalue weighted by Crippen LogP contribution is 2.44. The molecule has 4 nitrogen and oxygen atoms in total. The number of pyridine rings is 1. The molecule has 104 valence electrons. The molecule has 1 amide bonds. The number of amides is 1. The number of carbonyl (C=O) groups is 1. The first-order valence-corrected chi connectivity index (χ1v) is 7.98. The van der Waals surface area contributed by atoms with Crippen LogP contribution in [0.2, 0.25) is 0 Å². The first-order valence-electron chi connectivity index (χ1n) is 7.16. The Morgan fingerprint density at radius 1 is 1.40 bits per heavy atom. The number of anilines is 1. The minimum Gasteiger partial charge on any atom is -0.397 e. The molecule has 2 aliphatic carbocycles. The molecular formula is C15H17N3OS. The molecule has 2 saturated carbocycles. The summed E-state index contributed by atoms with van der Waals surface area (Å²) in [7, 11) is 0. The van der Waals surface area contributed by atoms with Gasteiger partial charge in [-0.05, 0) is 43.2 Å². The molecule has 2 fully saturated rings. The van der Waals surface area contributed by atoms with E-state index in [-0.39, 0.29) is 5.91 Å². The Hall–Kier alpha value is -1.62. The lowest BCUT2D eigenvalue weighted by Gasteiger charge is -2.22. The third-order valence-electron chi connectivity index (χ3n) is 4.77. The fourth-order valence-corrected chi connectivity index (χ4v) is 4.74. The molecule has 3 atom stereocenters. The normalized spacial score (nSPS) is 28.1. The third-order valence-corrected chi connectivity index (χ3v) is 5.89. The second-order valence-electron chi connectivity index (χ2n) is 5.96. The average Bonchev–Trinajstić information content (AvgIpc) is 3.14. The molecule has 20 heavy (non-hydrogen) atoms. The second-order valence-corrected chi connectivity index (χ2v) is 6.95. The Bertz CT molecular complexity index is 681. The topological polar surface area (TPSA) is 68.0 Å². The van der Waals surface area contributed by atoms with Crippen molar-refractivity contribution in [2.24, 2.45) is 11.8 Å². The van der Waals surface area contributed by atoms with Gasteiger partial charge >= 0.3 is 0 Å². The van der Waals surface area contributed by atoms with E-state index in [1.165, 1.54) is 30.6 Å². The number of fused-ring (bicyclic) bond motifs is 3. The summed E-state index contributed by atoms with van der Waals surface area (Å²) in [6.07, 6.45) is 6.76. The van der Waals surface area contributed by atoms with Crippen molar-refractivity contribution in [3.05, 3.63) is 23.2 Å². The van der Waals surface area contributed by atoms with E-state index in [1.807, 2.05) is 12.1 Å². The summed E-state index contributed by atoms with van der Waals surface area (Å²) in [4.78, 5) is 18.2. The molecule has 0 spiro atoms. The number of nitrogens with one attached hydrogen (secondary N) is 1. The van der Waals surface area contributed by atoms with Gasteiger partial charge in [0.15, 0.2) is 0 Å². The zero-order chi connectivity index (χ0) is 13.7. The Balaban J connectivity index is 1.59. The molecule has 0 unspecified atom stereocenters. The highest BCUT2D eigenvalue weighted by Gasteiger charge is 2.40. The summed E-state index contributed by atoms with van der Waals surface area (Å²) in [6.45, 7) is 0. The zero-order valence-corrected chi connectivity index (χ0v) is 12.0. The number of aromatic nitrogens is 1. The van der Waals surface area contributed by atoms with Gasteiger partial charge in [0.25, 0.3) is 5.91 Å². The number of hydrogen-bond acceptors (Lipinski definition) is 4. The molecule has 0 aromatic carbocycles. The summed E-state index contributed by atoms with van der Waals surface area (Å²) in [5, 5.41) is 4.08. The van der Waals surface area contributed by atoms with Gasteiger partial charge in [0.2, 0.25) is 0 Å². The van der Waals surface area contributed by atoms with Crippen LogP contribution in [-0.4, -0.2) is 16.9 Å². The van der Waals surface area contributed by atoms with E-state index in [0.29, 0.717) is 22.5 Å². The van der Waals surface area contributed by atoms with Crippen molar-refractivity contribution in [1.29, 1.82) is 0 Å². The minimum atomic E-state index is -0.0250. The van der Waals surface area contributed by atoms with E-state index in [4.69, 9.17) is 5.73 Å². The highest BCUT2D eigenvalue weighted by molar-refractivity contribution is 7.21. The molecule has 2 aliphatic rings. The third kappa shape index (κ3) is 1.80. The number of nitrogen functional groups attached to an aromatic ring is 1. The van der Waals surface area contributed by atoms with Gasteiger partial charge in [0.1, 0.15) is 9.71 Å². The van der Waals surface area contributed by atoms with Crippen molar-refractivity contribution in [2.45, 2.75) is 31.7 Å². The lowest BCUT2D eigenvalue weighted by atomic mass is 9.95. The van der Waals surface area contributed by atoms with Gasteiger partial charge in [-0.3, -0.25) is 4.79 Å². The fraction of sp³-hybridized carbons (Fsp3) is 0.467. The maximum Gasteiger partial charge on any atom is 0.263 e. The zero-order valence-electron chi connectivity index (χ0n) is 11.1. The van der Waals surface area contributed by atoms with E-state index < -0.39 is 0 Å². The number of rotatable bonds is 2. The van der Waals surface area contributed by atoms with Gasteiger partial charge in [0, 0.05) is 17.6 Å². The van der Waals surface area contributed by atoms with E-state index in [0.717, 1.165) is 22.6 Å². The van der Waals surface area contributed by atoms with Crippen molar-refractivity contribution in [2.75, 3.05) is 5.73 Å². The van der Waals surface area contributed by atoms with Crippen LogP contribution in [0.3, 0.4) is 0 Å². The predicted octanol–water partition coefficient (Wildman–Crippen LogP) is 2.80. The van der Waals surface area contributed by atoms with Crippen LogP contribution in [0.1, 0.15) is 35.4 Å². The van der Waals surface area contributed by atoms with Crippen LogP contribution >= 0.6 is 11.3 Å². The summed E-state index contributed by atoms with van der Waals surface area (Å²) in [6, 6.07) is 4.12. The van der Waals surface area contributed by atoms with Crippen molar-refractivity contribution >= 4 is 33.1 Å². The largest absolute Gasteiger partial charge is 0.397 e. The summed E-state index contributed by atoms with van der Waals surface area (Å²) < 4.78 is 0. The summed E-state index contributed by atoms with van der Waals surface area (Å²) in [5.74, 6) is 1.48. The smallest absolute Gasteiger partial charge is 0.263 e. The van der Waals surface area contributed by atoms with Crippen LogP contribution in [-0.2, 0) is 0 Å². The van der Waals surface area contributed by atoms with Gasteiger partial charge in [0.05, 0.1) is 5.69 Å². The van der Waals surface area contributed by atoms with Crippen LogP contribution in [0.25, 0.3) is 10.2 Å². The average molecular weight is 287 g/mol. The number of thiophene rings is 1. The van der Waals surface area contributed by atoms with Gasteiger partial charge in [-0.1, -0.05) is 6.42 Å². The Kier molecular flexibility index (Phi) is 2.70. The van der Waals surface area contributed by atoms with Gasteiger partial charge in [-0.25, -0.2) is 4.98 Å². The summed E-state index contributed by atoms with van der Waals surface area (Å²) >= 11 is 1.39. The maximum absolute atomic E-state index is 12.5. The lowest BCUT2D eigenvalue weighted by Crippen LogP contribution is -2.38. The van der Waals surface area contributed by atoms with Crippen molar-refractivity contribution in [3.8, 4) is 0 Å². The van der Waals surface area contributed by atoms with E-state index in [9.17, 15) is 4.79 Å². The Morgan fingerprint density at radius 3 is 3.00 bits per heavy atom. The summed E-state index contributed by atoms with van der Waals surface area (Å²) in [5.41, 5.74) is 6.67. The molecular weight excluding hydrogens is 270 g/mol. The van der Waals surface area contributed by atoms with Crippen molar-refractivity contribution < 1.29 is 4.79 Å². The fourth-order valence-electron chi connectivity index (χ4n) is 3.78. The Labute approximate surface area is 121 Å². The Morgan fingerprint density at radius 2 is 2.30 bits per heavy atom. The maximum atomic E-state index is 12.5. The van der Waals surface area contributed by atoms with Gasteiger partial charge in [-0.15, -0.1) is 11.3 Å². The predicted molar refractivity (Wildman–Crippen MR) is 80.7 cm³/mol. The molecule has 3 N–H and O–H groups in total. The molecule has 2 aromatic heterocycles. The van der Waals surface area contributed by atoms with Crippen LogP contribution in [0, 0.1) is 11.8 Å². The number of carbonyl (C=O) groups excluding carboxylic acids is 1. The van der Waals surface area contributed by atoms with Crippen LogP contribution in [0.4, 0.5) is 5.69 Å². The molecule has 0 radical (unpaired) electrons. The number of nitrogens with two attached hydrogens (primary N) is 1. The minimum absolute atomic E-state index is 0.0250. The van der Waals surface area contributed by atoms with Crippen LogP contribution in [0.15, 0.2) is 18.3 Å². The van der Waals surface area contributed by atoms with Crippen LogP contribution in [0.5, 0.6) is 0 Å². The molecule has 5 heteroatoms. The first kappa shape index (κ1) is 12.1.